The second-order valence-electron chi connectivity index (χ2n) is 8.55. The topological polar surface area (TPSA) is 86.1 Å². The van der Waals surface area contributed by atoms with E-state index in [1.807, 2.05) is 49.4 Å². The third-order valence-corrected chi connectivity index (χ3v) is 6.24. The van der Waals surface area contributed by atoms with Crippen molar-refractivity contribution in [1.82, 2.24) is 15.2 Å². The second-order valence-corrected chi connectivity index (χ2v) is 8.55. The smallest absolute Gasteiger partial charge is 0.255 e. The fourth-order valence-corrected chi connectivity index (χ4v) is 4.41. The number of furan rings is 1. The van der Waals surface area contributed by atoms with Crippen molar-refractivity contribution >= 4 is 27.8 Å². The fourth-order valence-electron chi connectivity index (χ4n) is 4.41. The van der Waals surface area contributed by atoms with Gasteiger partial charge in [0.25, 0.3) is 5.91 Å². The number of hydrogen-bond donors (Lipinski definition) is 1. The van der Waals surface area contributed by atoms with Gasteiger partial charge in [0.2, 0.25) is 0 Å². The largest absolute Gasteiger partial charge is 0.497 e. The van der Waals surface area contributed by atoms with E-state index in [4.69, 9.17) is 18.6 Å². The van der Waals surface area contributed by atoms with E-state index >= 15 is 0 Å². The molecule has 1 fully saturated rings. The molecule has 1 saturated heterocycles. The number of morpholine rings is 1. The van der Waals surface area contributed by atoms with Gasteiger partial charge >= 0.3 is 0 Å². The van der Waals surface area contributed by atoms with Gasteiger partial charge < -0.3 is 23.9 Å². The summed E-state index contributed by atoms with van der Waals surface area (Å²) in [6, 6.07) is 13.0. The minimum atomic E-state index is -0.119. The normalized spacial score (nSPS) is 14.3. The van der Waals surface area contributed by atoms with Crippen LogP contribution in [0.2, 0.25) is 0 Å². The summed E-state index contributed by atoms with van der Waals surface area (Å²) in [7, 11) is 1.63. The standard InChI is InChI=1S/C27H29N3O5/c1-18-26(27(31)29-9-3-11-30-12-14-33-15-13-30)22-7-5-20(17-25(22)34-18)35-24-8-10-28-23-16-19(32-2)4-6-21(23)24/h4-8,10,16-17H,3,9,11-15H2,1-2H3,(H,29,31). The summed E-state index contributed by atoms with van der Waals surface area (Å²) in [5.41, 5.74) is 1.96. The molecule has 8 heteroatoms. The molecule has 1 amide bonds. The molecule has 1 N–H and O–H groups in total. The molecular formula is C27H29N3O5. The summed E-state index contributed by atoms with van der Waals surface area (Å²) in [6.07, 6.45) is 2.60. The van der Waals surface area contributed by atoms with Gasteiger partial charge in [-0.3, -0.25) is 14.7 Å². The zero-order valence-electron chi connectivity index (χ0n) is 20.0. The van der Waals surface area contributed by atoms with Crippen molar-refractivity contribution < 1.29 is 23.4 Å². The van der Waals surface area contributed by atoms with Crippen LogP contribution in [0.4, 0.5) is 0 Å². The van der Waals surface area contributed by atoms with Gasteiger partial charge in [-0.1, -0.05) is 0 Å². The number of nitrogens with zero attached hydrogens (tertiary/aromatic N) is 2. The van der Waals surface area contributed by atoms with Crippen molar-refractivity contribution in [3.63, 3.8) is 0 Å². The van der Waals surface area contributed by atoms with Crippen molar-refractivity contribution in [3.8, 4) is 17.2 Å². The van der Waals surface area contributed by atoms with E-state index in [1.165, 1.54) is 0 Å². The number of carbonyl (C=O) groups excluding carboxylic acids is 1. The number of aromatic nitrogens is 1. The first kappa shape index (κ1) is 23.1. The minimum Gasteiger partial charge on any atom is -0.497 e. The number of pyridine rings is 1. The maximum atomic E-state index is 12.9. The van der Waals surface area contributed by atoms with E-state index in [-0.39, 0.29) is 5.91 Å². The first-order valence-electron chi connectivity index (χ1n) is 11.8. The molecule has 2 aromatic heterocycles. The predicted molar refractivity (Wildman–Crippen MR) is 134 cm³/mol. The van der Waals surface area contributed by atoms with Gasteiger partial charge in [-0.2, -0.15) is 0 Å². The molecule has 0 radical (unpaired) electrons. The van der Waals surface area contributed by atoms with Crippen molar-refractivity contribution in [2.75, 3.05) is 46.5 Å². The van der Waals surface area contributed by atoms with Crippen LogP contribution in [0.5, 0.6) is 17.2 Å². The molecular weight excluding hydrogens is 446 g/mol. The van der Waals surface area contributed by atoms with E-state index < -0.39 is 0 Å². The van der Waals surface area contributed by atoms with E-state index in [9.17, 15) is 4.79 Å². The van der Waals surface area contributed by atoms with Crippen molar-refractivity contribution in [3.05, 3.63) is 60.0 Å². The number of ether oxygens (including phenoxy) is 3. The summed E-state index contributed by atoms with van der Waals surface area (Å²) in [5.74, 6) is 2.50. The Kier molecular flexibility index (Phi) is 6.83. The zero-order chi connectivity index (χ0) is 24.2. The average molecular weight is 476 g/mol. The number of nitrogens with one attached hydrogen (secondary N) is 1. The van der Waals surface area contributed by atoms with E-state index in [1.54, 1.807) is 13.3 Å². The predicted octanol–water partition coefficient (Wildman–Crippen LogP) is 4.54. The molecule has 0 saturated carbocycles. The Hall–Kier alpha value is -3.62. The number of hydrogen-bond acceptors (Lipinski definition) is 7. The monoisotopic (exact) mass is 475 g/mol. The van der Waals surface area contributed by atoms with Gasteiger partial charge in [0.05, 0.1) is 31.4 Å². The van der Waals surface area contributed by atoms with Gasteiger partial charge in [-0.05, 0) is 50.2 Å². The fraction of sp³-hybridized carbons (Fsp3) is 0.333. The average Bonchev–Trinajstić information content (AvgIpc) is 3.22. The summed E-state index contributed by atoms with van der Waals surface area (Å²) in [5, 5.41) is 4.68. The highest BCUT2D eigenvalue weighted by Crippen LogP contribution is 2.34. The number of benzene rings is 2. The summed E-state index contributed by atoms with van der Waals surface area (Å²) in [6.45, 7) is 6.84. The molecule has 0 bridgehead atoms. The van der Waals surface area contributed by atoms with Crippen LogP contribution in [0.15, 0.2) is 53.1 Å². The van der Waals surface area contributed by atoms with Gasteiger partial charge in [0.15, 0.2) is 0 Å². The van der Waals surface area contributed by atoms with Crippen molar-refractivity contribution in [1.29, 1.82) is 0 Å². The van der Waals surface area contributed by atoms with Crippen LogP contribution in [0.3, 0.4) is 0 Å². The first-order chi connectivity index (χ1) is 17.1. The lowest BCUT2D eigenvalue weighted by molar-refractivity contribution is 0.0374. The first-order valence-corrected chi connectivity index (χ1v) is 11.8. The molecule has 4 aromatic rings. The van der Waals surface area contributed by atoms with Crippen LogP contribution in [0, 0.1) is 6.92 Å². The van der Waals surface area contributed by atoms with Crippen LogP contribution in [0.25, 0.3) is 21.9 Å². The highest BCUT2D eigenvalue weighted by molar-refractivity contribution is 6.07. The van der Waals surface area contributed by atoms with Crippen molar-refractivity contribution in [2.45, 2.75) is 13.3 Å². The highest BCUT2D eigenvalue weighted by atomic mass is 16.5. The Bertz CT molecular complexity index is 1340. The molecule has 5 rings (SSSR count). The maximum Gasteiger partial charge on any atom is 0.255 e. The molecule has 8 nitrogen and oxygen atoms in total. The molecule has 3 heterocycles. The lowest BCUT2D eigenvalue weighted by Crippen LogP contribution is -2.38. The molecule has 1 aliphatic heterocycles. The molecule has 182 valence electrons. The van der Waals surface area contributed by atoms with Crippen molar-refractivity contribution in [2.24, 2.45) is 0 Å². The number of amides is 1. The van der Waals surface area contributed by atoms with Crippen LogP contribution in [-0.4, -0.2) is 62.3 Å². The highest BCUT2D eigenvalue weighted by Gasteiger charge is 2.19. The number of fused-ring (bicyclic) bond motifs is 2. The quantitative estimate of drug-likeness (QED) is 0.374. The SMILES string of the molecule is COc1ccc2c(Oc3ccc4c(C(=O)NCCCN5CCOCC5)c(C)oc4c3)ccnc2c1. The lowest BCUT2D eigenvalue weighted by atomic mass is 10.1. The maximum absolute atomic E-state index is 12.9. The van der Waals surface area contributed by atoms with Gasteiger partial charge in [0, 0.05) is 48.7 Å². The van der Waals surface area contributed by atoms with Crippen LogP contribution >= 0.6 is 0 Å². The number of rotatable bonds is 8. The number of methoxy groups -OCH3 is 1. The van der Waals surface area contributed by atoms with Gasteiger partial charge in [-0.25, -0.2) is 0 Å². The lowest BCUT2D eigenvalue weighted by Gasteiger charge is -2.26. The van der Waals surface area contributed by atoms with E-state index in [0.717, 1.165) is 61.3 Å². The second kappa shape index (κ2) is 10.3. The molecule has 35 heavy (non-hydrogen) atoms. The van der Waals surface area contributed by atoms with Crippen LogP contribution in [0.1, 0.15) is 22.5 Å². The molecule has 0 atom stereocenters. The van der Waals surface area contributed by atoms with Crippen LogP contribution < -0.4 is 14.8 Å². The van der Waals surface area contributed by atoms with Crippen LogP contribution in [-0.2, 0) is 4.74 Å². The molecule has 0 aliphatic carbocycles. The number of carbonyl (C=O) groups is 1. The molecule has 1 aliphatic rings. The Morgan fingerprint density at radius 2 is 1.89 bits per heavy atom. The molecule has 0 spiro atoms. The van der Waals surface area contributed by atoms with Gasteiger partial charge in [0.1, 0.15) is 28.6 Å². The molecule has 0 unspecified atom stereocenters. The Morgan fingerprint density at radius 3 is 2.71 bits per heavy atom. The third-order valence-electron chi connectivity index (χ3n) is 6.24. The molecule has 2 aromatic carbocycles. The number of aryl methyl sites for hydroxylation is 1. The van der Waals surface area contributed by atoms with Gasteiger partial charge in [-0.15, -0.1) is 0 Å². The Balaban J connectivity index is 1.28. The Labute approximate surface area is 203 Å². The van der Waals surface area contributed by atoms with E-state index in [0.29, 0.717) is 35.0 Å². The van der Waals surface area contributed by atoms with E-state index in [2.05, 4.69) is 15.2 Å². The summed E-state index contributed by atoms with van der Waals surface area (Å²) >= 11 is 0. The minimum absolute atomic E-state index is 0.119. The zero-order valence-corrected chi connectivity index (χ0v) is 20.0. The third kappa shape index (κ3) is 5.08. The summed E-state index contributed by atoms with van der Waals surface area (Å²) < 4.78 is 22.8. The Morgan fingerprint density at radius 1 is 1.09 bits per heavy atom. The summed E-state index contributed by atoms with van der Waals surface area (Å²) in [4.78, 5) is 19.7.